The van der Waals surface area contributed by atoms with E-state index in [9.17, 15) is 0 Å². The zero-order chi connectivity index (χ0) is 23.4. The monoisotopic (exact) mass is 439 g/mol. The largest absolute Gasteiger partial charge is 0.493 e. The highest BCUT2D eigenvalue weighted by molar-refractivity contribution is 5.45. The Kier molecular flexibility index (Phi) is 11.1. The van der Waals surface area contributed by atoms with Gasteiger partial charge in [-0.15, -0.1) is 0 Å². The van der Waals surface area contributed by atoms with Gasteiger partial charge >= 0.3 is 0 Å². The maximum atomic E-state index is 5.92. The molecule has 0 amide bonds. The molecule has 1 unspecified atom stereocenters. The predicted molar refractivity (Wildman–Crippen MR) is 137 cm³/mol. The Bertz CT molecular complexity index is 776. The number of hydrogen-bond donors (Lipinski definition) is 1. The summed E-state index contributed by atoms with van der Waals surface area (Å²) in [5.74, 6) is 2.14. The van der Waals surface area contributed by atoms with Crippen LogP contribution in [-0.2, 0) is 0 Å². The van der Waals surface area contributed by atoms with E-state index in [2.05, 4.69) is 67.7 Å². The number of ether oxygens (including phenoxy) is 2. The molecule has 2 aromatic carbocycles. The van der Waals surface area contributed by atoms with E-state index in [0.29, 0.717) is 18.6 Å². The third-order valence-corrected chi connectivity index (χ3v) is 6.86. The SMILES string of the molecule is CC.CCOc1cc([C@H]2CCCCCC[C@@]2(CC)NC(C)c2ccccc2)ccc1OC. The third-order valence-electron chi connectivity index (χ3n) is 6.86. The van der Waals surface area contributed by atoms with E-state index < -0.39 is 0 Å². The van der Waals surface area contributed by atoms with Gasteiger partial charge in [-0.1, -0.05) is 82.9 Å². The van der Waals surface area contributed by atoms with Crippen molar-refractivity contribution in [1.29, 1.82) is 0 Å². The molecule has 1 aliphatic rings. The predicted octanol–water partition coefficient (Wildman–Crippen LogP) is 8.06. The summed E-state index contributed by atoms with van der Waals surface area (Å²) in [7, 11) is 1.72. The Morgan fingerprint density at radius 2 is 1.69 bits per heavy atom. The van der Waals surface area contributed by atoms with Gasteiger partial charge in [0.1, 0.15) is 0 Å². The quantitative estimate of drug-likeness (QED) is 0.451. The average molecular weight is 440 g/mol. The highest BCUT2D eigenvalue weighted by Gasteiger charge is 2.39. The molecule has 3 nitrogen and oxygen atoms in total. The molecule has 0 bridgehead atoms. The van der Waals surface area contributed by atoms with Crippen LogP contribution >= 0.6 is 0 Å². The first-order valence-corrected chi connectivity index (χ1v) is 12.8. The molecule has 0 spiro atoms. The standard InChI is InChI=1S/C27H39NO2.C2H6/c1-5-27(28-21(3)22-14-10-9-11-15-22)19-13-8-7-12-16-24(27)23-17-18-25(29-4)26(20-23)30-6-2;1-2/h9-11,14-15,17-18,20-21,24,28H,5-8,12-13,16,19H2,1-4H3;1-2H3/t21?,24-,27-;/m1./s1. The molecule has 0 aliphatic heterocycles. The summed E-state index contributed by atoms with van der Waals surface area (Å²) in [6.45, 7) is 11.3. The van der Waals surface area contributed by atoms with Gasteiger partial charge in [-0.3, -0.25) is 0 Å². The summed E-state index contributed by atoms with van der Waals surface area (Å²) in [5.41, 5.74) is 2.81. The van der Waals surface area contributed by atoms with E-state index in [0.717, 1.165) is 17.9 Å². The summed E-state index contributed by atoms with van der Waals surface area (Å²) in [4.78, 5) is 0. The molecule has 178 valence electrons. The first kappa shape index (κ1) is 26.3. The first-order valence-electron chi connectivity index (χ1n) is 12.8. The van der Waals surface area contributed by atoms with E-state index in [1.807, 2.05) is 20.8 Å². The minimum absolute atomic E-state index is 0.0771. The van der Waals surface area contributed by atoms with E-state index in [4.69, 9.17) is 9.47 Å². The van der Waals surface area contributed by atoms with Crippen LogP contribution in [0, 0.1) is 0 Å². The van der Waals surface area contributed by atoms with Gasteiger partial charge in [-0.2, -0.15) is 0 Å². The van der Waals surface area contributed by atoms with Gasteiger partial charge in [0.05, 0.1) is 13.7 Å². The Labute approximate surface area is 196 Å². The van der Waals surface area contributed by atoms with Crippen LogP contribution in [0.1, 0.15) is 103 Å². The van der Waals surface area contributed by atoms with Crippen molar-refractivity contribution in [3.05, 3.63) is 59.7 Å². The van der Waals surface area contributed by atoms with Crippen molar-refractivity contribution < 1.29 is 9.47 Å². The highest BCUT2D eigenvalue weighted by Crippen LogP contribution is 2.44. The van der Waals surface area contributed by atoms with Crippen LogP contribution in [-0.4, -0.2) is 19.3 Å². The van der Waals surface area contributed by atoms with E-state index in [1.165, 1.54) is 49.7 Å². The van der Waals surface area contributed by atoms with E-state index >= 15 is 0 Å². The van der Waals surface area contributed by atoms with Crippen LogP contribution < -0.4 is 14.8 Å². The van der Waals surface area contributed by atoms with Gasteiger partial charge in [0.15, 0.2) is 11.5 Å². The van der Waals surface area contributed by atoms with Gasteiger partial charge in [0, 0.05) is 17.5 Å². The number of nitrogens with one attached hydrogen (secondary N) is 1. The number of hydrogen-bond acceptors (Lipinski definition) is 3. The molecule has 0 saturated heterocycles. The zero-order valence-electron chi connectivity index (χ0n) is 21.2. The second-order valence-electron chi connectivity index (χ2n) is 8.64. The summed E-state index contributed by atoms with van der Waals surface area (Å²) in [6, 6.07) is 17.7. The number of rotatable bonds is 8. The fourth-order valence-corrected chi connectivity index (χ4v) is 5.21. The van der Waals surface area contributed by atoms with Gasteiger partial charge in [-0.25, -0.2) is 0 Å². The van der Waals surface area contributed by atoms with Crippen LogP contribution in [0.15, 0.2) is 48.5 Å². The number of methoxy groups -OCH3 is 1. The van der Waals surface area contributed by atoms with Crippen molar-refractivity contribution >= 4 is 0 Å². The lowest BCUT2D eigenvalue weighted by Gasteiger charge is -2.45. The molecule has 0 heterocycles. The molecule has 2 aromatic rings. The third kappa shape index (κ3) is 6.51. The molecule has 1 aliphatic carbocycles. The van der Waals surface area contributed by atoms with E-state index in [-0.39, 0.29) is 5.54 Å². The minimum atomic E-state index is 0.0771. The fraction of sp³-hybridized carbons (Fsp3) is 0.586. The zero-order valence-corrected chi connectivity index (χ0v) is 21.2. The number of benzene rings is 2. The van der Waals surface area contributed by atoms with Crippen molar-refractivity contribution in [2.75, 3.05) is 13.7 Å². The lowest BCUT2D eigenvalue weighted by molar-refractivity contribution is 0.187. The fourth-order valence-electron chi connectivity index (χ4n) is 5.21. The molecular formula is C29H45NO2. The Hall–Kier alpha value is -2.00. The van der Waals surface area contributed by atoms with Crippen LogP contribution in [0.2, 0.25) is 0 Å². The molecule has 32 heavy (non-hydrogen) atoms. The van der Waals surface area contributed by atoms with Gasteiger partial charge in [0.25, 0.3) is 0 Å². The van der Waals surface area contributed by atoms with E-state index in [1.54, 1.807) is 7.11 Å². The molecule has 1 fully saturated rings. The summed E-state index contributed by atoms with van der Waals surface area (Å²) < 4.78 is 11.5. The van der Waals surface area contributed by atoms with Crippen molar-refractivity contribution in [1.82, 2.24) is 5.32 Å². The molecular weight excluding hydrogens is 394 g/mol. The average Bonchev–Trinajstić information content (AvgIpc) is 2.83. The van der Waals surface area contributed by atoms with Crippen molar-refractivity contribution in [3.63, 3.8) is 0 Å². The first-order chi connectivity index (χ1) is 15.6. The smallest absolute Gasteiger partial charge is 0.161 e. The van der Waals surface area contributed by atoms with Crippen molar-refractivity contribution in [3.8, 4) is 11.5 Å². The van der Waals surface area contributed by atoms with Gasteiger partial charge in [0.2, 0.25) is 0 Å². The normalized spacial score (nSPS) is 22.0. The van der Waals surface area contributed by atoms with Crippen LogP contribution in [0.3, 0.4) is 0 Å². The molecule has 3 rings (SSSR count). The summed E-state index contributed by atoms with van der Waals surface area (Å²) in [6.07, 6.45) is 8.77. The molecule has 3 atom stereocenters. The van der Waals surface area contributed by atoms with Crippen LogP contribution in [0.25, 0.3) is 0 Å². The Morgan fingerprint density at radius 3 is 2.34 bits per heavy atom. The van der Waals surface area contributed by atoms with Gasteiger partial charge < -0.3 is 14.8 Å². The molecule has 0 radical (unpaired) electrons. The Balaban J connectivity index is 0.00000176. The lowest BCUT2D eigenvalue weighted by Crippen LogP contribution is -2.51. The molecule has 0 aromatic heterocycles. The lowest BCUT2D eigenvalue weighted by atomic mass is 9.69. The molecule has 3 heteroatoms. The highest BCUT2D eigenvalue weighted by atomic mass is 16.5. The Morgan fingerprint density at radius 1 is 0.969 bits per heavy atom. The minimum Gasteiger partial charge on any atom is -0.493 e. The van der Waals surface area contributed by atoms with Crippen molar-refractivity contribution in [2.24, 2.45) is 0 Å². The van der Waals surface area contributed by atoms with Crippen LogP contribution in [0.5, 0.6) is 11.5 Å². The second-order valence-corrected chi connectivity index (χ2v) is 8.64. The summed E-state index contributed by atoms with van der Waals surface area (Å²) in [5, 5.41) is 4.12. The van der Waals surface area contributed by atoms with Crippen molar-refractivity contribution in [2.45, 2.75) is 97.1 Å². The maximum absolute atomic E-state index is 5.92. The maximum Gasteiger partial charge on any atom is 0.161 e. The second kappa shape index (κ2) is 13.5. The van der Waals surface area contributed by atoms with Crippen LogP contribution in [0.4, 0.5) is 0 Å². The summed E-state index contributed by atoms with van der Waals surface area (Å²) >= 11 is 0. The molecule has 1 saturated carbocycles. The topological polar surface area (TPSA) is 30.5 Å². The van der Waals surface area contributed by atoms with Gasteiger partial charge in [-0.05, 0) is 56.4 Å². The molecule has 1 N–H and O–H groups in total.